The first-order valence-electron chi connectivity index (χ1n) is 8.83. The van der Waals surface area contributed by atoms with Crippen molar-refractivity contribution in [2.24, 2.45) is 0 Å². The molecule has 2 saturated heterocycles. The van der Waals surface area contributed by atoms with Crippen molar-refractivity contribution in [3.63, 3.8) is 0 Å². The van der Waals surface area contributed by atoms with E-state index in [0.29, 0.717) is 17.7 Å². The number of nitrogens with zero attached hydrogens (tertiary/aromatic N) is 2. The third-order valence-electron chi connectivity index (χ3n) is 5.16. The highest BCUT2D eigenvalue weighted by Crippen LogP contribution is 2.30. The van der Waals surface area contributed by atoms with Gasteiger partial charge in [-0.1, -0.05) is 12.1 Å². The molecule has 2 fully saturated rings. The van der Waals surface area contributed by atoms with Crippen LogP contribution in [-0.4, -0.2) is 65.6 Å². The molecule has 0 radical (unpaired) electrons. The molecule has 8 heteroatoms. The Labute approximate surface area is 150 Å². The summed E-state index contributed by atoms with van der Waals surface area (Å²) in [6, 6.07) is 4.34. The van der Waals surface area contributed by atoms with Crippen LogP contribution >= 0.6 is 0 Å². The number of amides is 4. The van der Waals surface area contributed by atoms with Crippen LogP contribution in [0.5, 0.6) is 0 Å². The molecule has 0 saturated carbocycles. The molecule has 4 rings (SSSR count). The number of rotatable bonds is 3. The zero-order valence-electron chi connectivity index (χ0n) is 14.3. The molecule has 2 N–H and O–H groups in total. The summed E-state index contributed by atoms with van der Waals surface area (Å²) < 4.78 is 0. The van der Waals surface area contributed by atoms with E-state index in [1.807, 2.05) is 6.07 Å². The van der Waals surface area contributed by atoms with Crippen molar-refractivity contribution < 1.29 is 19.2 Å². The molecule has 8 nitrogen and oxygen atoms in total. The maximum absolute atomic E-state index is 13.0. The van der Waals surface area contributed by atoms with Crippen LogP contribution < -0.4 is 10.6 Å². The van der Waals surface area contributed by atoms with Gasteiger partial charge in [-0.2, -0.15) is 0 Å². The summed E-state index contributed by atoms with van der Waals surface area (Å²) in [7, 11) is 0. The first kappa shape index (κ1) is 16.9. The summed E-state index contributed by atoms with van der Waals surface area (Å²) >= 11 is 0. The zero-order valence-corrected chi connectivity index (χ0v) is 14.3. The minimum absolute atomic E-state index is 0.122. The summed E-state index contributed by atoms with van der Waals surface area (Å²) in [5, 5.41) is 5.50. The predicted octanol–water partition coefficient (Wildman–Crippen LogP) is -0.507. The van der Waals surface area contributed by atoms with Crippen molar-refractivity contribution >= 4 is 23.6 Å². The van der Waals surface area contributed by atoms with Crippen LogP contribution in [0.1, 0.15) is 39.1 Å². The highest BCUT2D eigenvalue weighted by atomic mass is 16.2. The number of imide groups is 2. The van der Waals surface area contributed by atoms with Crippen molar-refractivity contribution in [2.45, 2.75) is 25.4 Å². The Bertz CT molecular complexity index is 800. The molecule has 1 unspecified atom stereocenters. The van der Waals surface area contributed by atoms with Crippen LogP contribution in [0.2, 0.25) is 0 Å². The zero-order chi connectivity index (χ0) is 18.3. The van der Waals surface area contributed by atoms with Gasteiger partial charge in [-0.3, -0.25) is 34.3 Å². The quantitative estimate of drug-likeness (QED) is 0.708. The summed E-state index contributed by atoms with van der Waals surface area (Å²) in [5.74, 6) is -1.85. The number of hydrogen-bond acceptors (Lipinski definition) is 6. The van der Waals surface area contributed by atoms with Gasteiger partial charge in [0.15, 0.2) is 0 Å². The molecule has 3 aliphatic heterocycles. The molecule has 136 valence electrons. The second kappa shape index (κ2) is 6.62. The van der Waals surface area contributed by atoms with E-state index < -0.39 is 23.8 Å². The monoisotopic (exact) mass is 356 g/mol. The lowest BCUT2D eigenvalue weighted by molar-refractivity contribution is -0.136. The topological polar surface area (TPSA) is 98.8 Å². The van der Waals surface area contributed by atoms with Gasteiger partial charge in [0.25, 0.3) is 11.8 Å². The highest BCUT2D eigenvalue weighted by Gasteiger charge is 2.45. The van der Waals surface area contributed by atoms with Gasteiger partial charge in [-0.05, 0) is 18.1 Å². The SMILES string of the molecule is O=C1CCC(N2C(=O)c3cccc(CN4CCNCC4)c3C2=O)C(=O)N1. The predicted molar refractivity (Wildman–Crippen MR) is 91.3 cm³/mol. The van der Waals surface area contributed by atoms with Crippen LogP contribution in [0, 0.1) is 0 Å². The van der Waals surface area contributed by atoms with Crippen molar-refractivity contribution in [2.75, 3.05) is 26.2 Å². The molecule has 1 aromatic rings. The lowest BCUT2D eigenvalue weighted by Gasteiger charge is -2.28. The molecule has 1 aromatic carbocycles. The van der Waals surface area contributed by atoms with Gasteiger partial charge in [0.05, 0.1) is 11.1 Å². The summed E-state index contributed by atoms with van der Waals surface area (Å²) in [4.78, 5) is 52.6. The Balaban J connectivity index is 1.62. The first-order chi connectivity index (χ1) is 12.6. The Morgan fingerprint density at radius 2 is 1.81 bits per heavy atom. The minimum Gasteiger partial charge on any atom is -0.314 e. The van der Waals surface area contributed by atoms with E-state index >= 15 is 0 Å². The van der Waals surface area contributed by atoms with E-state index in [1.54, 1.807) is 12.1 Å². The molecular formula is C18H20N4O4. The number of piperidine rings is 1. The Kier molecular flexibility index (Phi) is 4.29. The van der Waals surface area contributed by atoms with Crippen molar-refractivity contribution in [1.29, 1.82) is 0 Å². The molecule has 0 aromatic heterocycles. The van der Waals surface area contributed by atoms with Crippen LogP contribution in [0.25, 0.3) is 0 Å². The number of benzene rings is 1. The normalized spacial score (nSPS) is 24.0. The van der Waals surface area contributed by atoms with E-state index in [1.165, 1.54) is 0 Å². The van der Waals surface area contributed by atoms with Gasteiger partial charge in [0.1, 0.15) is 6.04 Å². The van der Waals surface area contributed by atoms with Gasteiger partial charge in [-0.15, -0.1) is 0 Å². The third kappa shape index (κ3) is 2.81. The fourth-order valence-corrected chi connectivity index (χ4v) is 3.83. The van der Waals surface area contributed by atoms with Crippen LogP contribution in [0.4, 0.5) is 0 Å². The molecule has 26 heavy (non-hydrogen) atoms. The molecule has 3 aliphatic rings. The maximum Gasteiger partial charge on any atom is 0.262 e. The minimum atomic E-state index is -0.924. The van der Waals surface area contributed by atoms with Gasteiger partial charge in [0, 0.05) is 39.1 Å². The Hall–Kier alpha value is -2.58. The number of fused-ring (bicyclic) bond motifs is 1. The van der Waals surface area contributed by atoms with Gasteiger partial charge in [0.2, 0.25) is 11.8 Å². The first-order valence-corrected chi connectivity index (χ1v) is 8.83. The summed E-state index contributed by atoms with van der Waals surface area (Å²) in [6.45, 7) is 4.13. The molecule has 1 atom stereocenters. The number of piperazine rings is 1. The van der Waals surface area contributed by atoms with Crippen molar-refractivity contribution in [1.82, 2.24) is 20.4 Å². The van der Waals surface area contributed by atoms with Crippen molar-refractivity contribution in [3.05, 3.63) is 34.9 Å². The number of hydrogen-bond donors (Lipinski definition) is 2. The largest absolute Gasteiger partial charge is 0.314 e. The average molecular weight is 356 g/mol. The van der Waals surface area contributed by atoms with Gasteiger partial charge < -0.3 is 5.32 Å². The fourth-order valence-electron chi connectivity index (χ4n) is 3.83. The van der Waals surface area contributed by atoms with Crippen LogP contribution in [-0.2, 0) is 16.1 Å². The average Bonchev–Trinajstić information content (AvgIpc) is 2.88. The molecule has 4 amide bonds. The van der Waals surface area contributed by atoms with E-state index in [4.69, 9.17) is 0 Å². The second-order valence-corrected chi connectivity index (χ2v) is 6.81. The maximum atomic E-state index is 13.0. The summed E-state index contributed by atoms with van der Waals surface area (Å²) in [6.07, 6.45) is 0.292. The van der Waals surface area contributed by atoms with E-state index in [2.05, 4.69) is 15.5 Å². The number of carbonyl (C=O) groups excluding carboxylic acids is 4. The molecular weight excluding hydrogens is 336 g/mol. The Morgan fingerprint density at radius 3 is 2.54 bits per heavy atom. The smallest absolute Gasteiger partial charge is 0.262 e. The second-order valence-electron chi connectivity index (χ2n) is 6.81. The number of nitrogens with one attached hydrogen (secondary N) is 2. The molecule has 0 spiro atoms. The van der Waals surface area contributed by atoms with Gasteiger partial charge >= 0.3 is 0 Å². The van der Waals surface area contributed by atoms with E-state index in [9.17, 15) is 19.2 Å². The lowest BCUT2D eigenvalue weighted by atomic mass is 10.0. The summed E-state index contributed by atoms with van der Waals surface area (Å²) in [5.41, 5.74) is 1.53. The van der Waals surface area contributed by atoms with Crippen LogP contribution in [0.3, 0.4) is 0 Å². The Morgan fingerprint density at radius 1 is 1.04 bits per heavy atom. The highest BCUT2D eigenvalue weighted by molar-refractivity contribution is 6.24. The number of carbonyl (C=O) groups is 4. The van der Waals surface area contributed by atoms with E-state index in [0.717, 1.165) is 36.6 Å². The molecule has 0 bridgehead atoms. The third-order valence-corrected chi connectivity index (χ3v) is 5.16. The molecule has 3 heterocycles. The van der Waals surface area contributed by atoms with Crippen molar-refractivity contribution in [3.8, 4) is 0 Å². The lowest BCUT2D eigenvalue weighted by Crippen LogP contribution is -2.54. The molecule has 0 aliphatic carbocycles. The van der Waals surface area contributed by atoms with E-state index in [-0.39, 0.29) is 18.7 Å². The van der Waals surface area contributed by atoms with Crippen LogP contribution in [0.15, 0.2) is 18.2 Å². The fraction of sp³-hybridized carbons (Fsp3) is 0.444. The standard InChI is InChI=1S/C18H20N4O4/c23-14-5-4-13(16(24)20-14)22-17(25)12-3-1-2-11(15(12)18(22)26)10-21-8-6-19-7-9-21/h1-3,13,19H,4-10H2,(H,20,23,24). The van der Waals surface area contributed by atoms with Gasteiger partial charge in [-0.25, -0.2) is 0 Å².